The number of nitrogens with zero attached hydrogens (tertiary/aromatic N) is 1. The zero-order chi connectivity index (χ0) is 18.7. The number of likely N-dealkylation sites (tertiary alicyclic amines) is 1. The SMILES string of the molecule is CC1CCN(C(=O)c2ccc(C(=O)Nc3cc(Cl)cc(Cl)c3)cc2)CC1. The maximum absolute atomic E-state index is 12.5. The van der Waals surface area contributed by atoms with E-state index in [1.807, 2.05) is 4.90 Å². The van der Waals surface area contributed by atoms with Gasteiger partial charge in [0, 0.05) is 39.9 Å². The molecule has 1 aliphatic heterocycles. The number of benzene rings is 2. The first kappa shape index (κ1) is 18.7. The Morgan fingerprint density at radius 1 is 0.962 bits per heavy atom. The first-order valence-electron chi connectivity index (χ1n) is 8.59. The second kappa shape index (κ2) is 8.11. The molecule has 1 aliphatic rings. The summed E-state index contributed by atoms with van der Waals surface area (Å²) in [6, 6.07) is 11.5. The van der Waals surface area contributed by atoms with E-state index in [9.17, 15) is 9.59 Å². The molecule has 0 bridgehead atoms. The van der Waals surface area contributed by atoms with Gasteiger partial charge in [0.25, 0.3) is 11.8 Å². The Bertz CT molecular complexity index is 793. The summed E-state index contributed by atoms with van der Waals surface area (Å²) >= 11 is 11.9. The molecule has 0 atom stereocenters. The standard InChI is InChI=1S/C20H20Cl2N2O2/c1-13-6-8-24(9-7-13)20(26)15-4-2-14(3-5-15)19(25)23-18-11-16(21)10-17(22)12-18/h2-5,10-13H,6-9H2,1H3,(H,23,25). The van der Waals surface area contributed by atoms with Gasteiger partial charge < -0.3 is 10.2 Å². The summed E-state index contributed by atoms with van der Waals surface area (Å²) in [5, 5.41) is 3.65. The van der Waals surface area contributed by atoms with E-state index >= 15 is 0 Å². The number of halogens is 2. The number of carbonyl (C=O) groups excluding carboxylic acids is 2. The predicted molar refractivity (Wildman–Crippen MR) is 105 cm³/mol. The van der Waals surface area contributed by atoms with Crippen molar-refractivity contribution in [1.29, 1.82) is 0 Å². The summed E-state index contributed by atoms with van der Waals surface area (Å²) in [5.41, 5.74) is 1.59. The quantitative estimate of drug-likeness (QED) is 0.790. The van der Waals surface area contributed by atoms with E-state index in [1.54, 1.807) is 42.5 Å². The van der Waals surface area contributed by atoms with Crippen molar-refractivity contribution in [3.63, 3.8) is 0 Å². The Kier molecular flexibility index (Phi) is 5.84. The third kappa shape index (κ3) is 4.57. The van der Waals surface area contributed by atoms with Crippen molar-refractivity contribution in [2.45, 2.75) is 19.8 Å². The molecule has 6 heteroatoms. The molecule has 2 aromatic carbocycles. The van der Waals surface area contributed by atoms with Gasteiger partial charge in [0.15, 0.2) is 0 Å². The van der Waals surface area contributed by atoms with E-state index in [1.165, 1.54) is 0 Å². The molecular formula is C20H20Cl2N2O2. The lowest BCUT2D eigenvalue weighted by molar-refractivity contribution is 0.0697. The predicted octanol–water partition coefficient (Wildman–Crippen LogP) is 5.12. The van der Waals surface area contributed by atoms with Crippen LogP contribution in [0.1, 0.15) is 40.5 Å². The van der Waals surface area contributed by atoms with Crippen LogP contribution < -0.4 is 5.32 Å². The van der Waals surface area contributed by atoms with Crippen molar-refractivity contribution in [1.82, 2.24) is 4.90 Å². The van der Waals surface area contributed by atoms with Crippen LogP contribution in [0.15, 0.2) is 42.5 Å². The van der Waals surface area contributed by atoms with Gasteiger partial charge in [-0.1, -0.05) is 30.1 Å². The van der Waals surface area contributed by atoms with Gasteiger partial charge in [0.05, 0.1) is 0 Å². The molecule has 1 saturated heterocycles. The molecule has 0 aromatic heterocycles. The summed E-state index contributed by atoms with van der Waals surface area (Å²) in [6.45, 7) is 3.79. The fraction of sp³-hybridized carbons (Fsp3) is 0.300. The molecule has 0 radical (unpaired) electrons. The van der Waals surface area contributed by atoms with Crippen LogP contribution in [0.3, 0.4) is 0 Å². The molecule has 26 heavy (non-hydrogen) atoms. The smallest absolute Gasteiger partial charge is 0.255 e. The molecule has 0 aliphatic carbocycles. The number of nitrogens with one attached hydrogen (secondary N) is 1. The Hall–Kier alpha value is -2.04. The van der Waals surface area contributed by atoms with Crippen molar-refractivity contribution in [2.24, 2.45) is 5.92 Å². The highest BCUT2D eigenvalue weighted by Crippen LogP contribution is 2.23. The fourth-order valence-corrected chi connectivity index (χ4v) is 3.51. The van der Waals surface area contributed by atoms with E-state index in [0.29, 0.717) is 32.8 Å². The minimum atomic E-state index is -0.283. The number of rotatable bonds is 3. The second-order valence-corrected chi connectivity index (χ2v) is 7.54. The average molecular weight is 391 g/mol. The first-order valence-corrected chi connectivity index (χ1v) is 9.35. The molecule has 0 spiro atoms. The summed E-state index contributed by atoms with van der Waals surface area (Å²) in [6.07, 6.45) is 2.07. The topological polar surface area (TPSA) is 49.4 Å². The second-order valence-electron chi connectivity index (χ2n) is 6.66. The van der Waals surface area contributed by atoms with Gasteiger partial charge >= 0.3 is 0 Å². The van der Waals surface area contributed by atoms with Crippen LogP contribution in [-0.2, 0) is 0 Å². The van der Waals surface area contributed by atoms with Crippen LogP contribution in [0.5, 0.6) is 0 Å². The molecule has 2 aromatic rings. The van der Waals surface area contributed by atoms with Gasteiger partial charge in [-0.15, -0.1) is 0 Å². The molecule has 0 saturated carbocycles. The number of carbonyl (C=O) groups is 2. The Morgan fingerprint density at radius 3 is 2.08 bits per heavy atom. The third-order valence-corrected chi connectivity index (χ3v) is 5.02. The number of amides is 2. The maximum Gasteiger partial charge on any atom is 0.255 e. The van der Waals surface area contributed by atoms with E-state index in [4.69, 9.17) is 23.2 Å². The molecule has 0 unspecified atom stereocenters. The monoisotopic (exact) mass is 390 g/mol. The van der Waals surface area contributed by atoms with Crippen LogP contribution in [0.2, 0.25) is 10.0 Å². The lowest BCUT2D eigenvalue weighted by Crippen LogP contribution is -2.37. The van der Waals surface area contributed by atoms with Crippen LogP contribution in [0.4, 0.5) is 5.69 Å². The maximum atomic E-state index is 12.5. The minimum Gasteiger partial charge on any atom is -0.339 e. The highest BCUT2D eigenvalue weighted by Gasteiger charge is 2.21. The lowest BCUT2D eigenvalue weighted by atomic mass is 9.98. The van der Waals surface area contributed by atoms with E-state index in [-0.39, 0.29) is 11.8 Å². The largest absolute Gasteiger partial charge is 0.339 e. The zero-order valence-electron chi connectivity index (χ0n) is 14.5. The Labute approximate surface area is 163 Å². The van der Waals surface area contributed by atoms with Crippen molar-refractivity contribution in [3.05, 3.63) is 63.6 Å². The van der Waals surface area contributed by atoms with Crippen LogP contribution in [-0.4, -0.2) is 29.8 Å². The summed E-state index contributed by atoms with van der Waals surface area (Å²) in [7, 11) is 0. The molecule has 1 heterocycles. The van der Waals surface area contributed by atoms with Gasteiger partial charge in [-0.3, -0.25) is 9.59 Å². The molecule has 1 fully saturated rings. The molecular weight excluding hydrogens is 371 g/mol. The van der Waals surface area contributed by atoms with Gasteiger partial charge in [-0.05, 0) is 61.2 Å². The van der Waals surface area contributed by atoms with E-state index in [0.717, 1.165) is 25.9 Å². The lowest BCUT2D eigenvalue weighted by Gasteiger charge is -2.30. The number of hydrogen-bond donors (Lipinski definition) is 1. The molecule has 2 amide bonds. The fourth-order valence-electron chi connectivity index (χ4n) is 2.99. The molecule has 3 rings (SSSR count). The summed E-state index contributed by atoms with van der Waals surface area (Å²) in [5.74, 6) is 0.407. The number of piperidine rings is 1. The molecule has 4 nitrogen and oxygen atoms in total. The van der Waals surface area contributed by atoms with Crippen molar-refractivity contribution < 1.29 is 9.59 Å². The normalized spacial score (nSPS) is 15.0. The minimum absolute atomic E-state index is 0.0190. The highest BCUT2D eigenvalue weighted by atomic mass is 35.5. The van der Waals surface area contributed by atoms with Crippen LogP contribution in [0, 0.1) is 5.92 Å². The number of hydrogen-bond acceptors (Lipinski definition) is 2. The van der Waals surface area contributed by atoms with E-state index < -0.39 is 0 Å². The molecule has 1 N–H and O–H groups in total. The summed E-state index contributed by atoms with van der Waals surface area (Å²) < 4.78 is 0. The summed E-state index contributed by atoms with van der Waals surface area (Å²) in [4.78, 5) is 26.8. The highest BCUT2D eigenvalue weighted by molar-refractivity contribution is 6.35. The Morgan fingerprint density at radius 2 is 1.50 bits per heavy atom. The van der Waals surface area contributed by atoms with Gasteiger partial charge in [-0.2, -0.15) is 0 Å². The van der Waals surface area contributed by atoms with Gasteiger partial charge in [0.2, 0.25) is 0 Å². The first-order chi connectivity index (χ1) is 12.4. The average Bonchev–Trinajstić information content (AvgIpc) is 2.61. The Balaban J connectivity index is 1.66. The van der Waals surface area contributed by atoms with Crippen LogP contribution in [0.25, 0.3) is 0 Å². The number of anilines is 1. The van der Waals surface area contributed by atoms with Gasteiger partial charge in [0.1, 0.15) is 0 Å². The van der Waals surface area contributed by atoms with Crippen molar-refractivity contribution in [2.75, 3.05) is 18.4 Å². The third-order valence-electron chi connectivity index (χ3n) is 4.59. The van der Waals surface area contributed by atoms with Crippen LogP contribution >= 0.6 is 23.2 Å². The van der Waals surface area contributed by atoms with Crippen molar-refractivity contribution >= 4 is 40.7 Å². The zero-order valence-corrected chi connectivity index (χ0v) is 16.0. The van der Waals surface area contributed by atoms with Gasteiger partial charge in [-0.25, -0.2) is 0 Å². The van der Waals surface area contributed by atoms with E-state index in [2.05, 4.69) is 12.2 Å². The molecule has 136 valence electrons. The van der Waals surface area contributed by atoms with Crippen molar-refractivity contribution in [3.8, 4) is 0 Å².